The van der Waals surface area contributed by atoms with E-state index in [0.717, 1.165) is 6.08 Å². The second-order valence-electron chi connectivity index (χ2n) is 5.57. The van der Waals surface area contributed by atoms with Gasteiger partial charge in [0.1, 0.15) is 6.04 Å². The lowest BCUT2D eigenvalue weighted by atomic mass is 9.86. The average Bonchev–Trinajstić information content (AvgIpc) is 2.94. The zero-order chi connectivity index (χ0) is 16.1. The molecule has 0 saturated carbocycles. The molecule has 1 fully saturated rings. The molecule has 120 valence electrons. The summed E-state index contributed by atoms with van der Waals surface area (Å²) in [4.78, 5) is 21.5. The summed E-state index contributed by atoms with van der Waals surface area (Å²) in [5, 5.41) is 26.3. The van der Waals surface area contributed by atoms with Gasteiger partial charge in [0.25, 0.3) is 0 Å². The number of amides is 1. The molecule has 0 unspecified atom stereocenters. The Balaban J connectivity index is 1.97. The Morgan fingerprint density at radius 3 is 2.95 bits per heavy atom. The molecular weight excluding hydrogens is 290 g/mol. The van der Waals surface area contributed by atoms with E-state index in [1.54, 1.807) is 4.90 Å². The van der Waals surface area contributed by atoms with E-state index >= 15 is 0 Å². The highest BCUT2D eigenvalue weighted by Crippen LogP contribution is 2.44. The van der Waals surface area contributed by atoms with Crippen molar-refractivity contribution in [1.82, 2.24) is 15.5 Å². The van der Waals surface area contributed by atoms with Gasteiger partial charge in [-0.05, 0) is 6.08 Å². The SMILES string of the molecule is C=CC(=O)NC[C@H]1N=C(N)N2CCC(O)(O)[C@@]23NC(N)=N[C@@H]13. The van der Waals surface area contributed by atoms with Crippen molar-refractivity contribution in [3.8, 4) is 0 Å². The van der Waals surface area contributed by atoms with E-state index in [9.17, 15) is 15.0 Å². The molecular formula is C12H19N7O3. The fourth-order valence-corrected chi connectivity index (χ4v) is 3.36. The molecule has 1 spiro atoms. The Morgan fingerprint density at radius 1 is 1.55 bits per heavy atom. The van der Waals surface area contributed by atoms with Gasteiger partial charge in [-0.1, -0.05) is 6.58 Å². The van der Waals surface area contributed by atoms with Crippen molar-refractivity contribution >= 4 is 17.8 Å². The third-order valence-corrected chi connectivity index (χ3v) is 4.35. The van der Waals surface area contributed by atoms with Crippen molar-refractivity contribution in [2.75, 3.05) is 13.1 Å². The number of aliphatic imine (C=N–C) groups is 2. The van der Waals surface area contributed by atoms with Crippen LogP contribution < -0.4 is 22.1 Å². The molecule has 0 aromatic carbocycles. The lowest BCUT2D eigenvalue weighted by Gasteiger charge is -2.48. The number of rotatable bonds is 3. The summed E-state index contributed by atoms with van der Waals surface area (Å²) < 4.78 is 0. The molecule has 0 radical (unpaired) electrons. The van der Waals surface area contributed by atoms with Gasteiger partial charge >= 0.3 is 0 Å². The second-order valence-corrected chi connectivity index (χ2v) is 5.57. The van der Waals surface area contributed by atoms with E-state index in [2.05, 4.69) is 27.2 Å². The molecule has 3 aliphatic rings. The first-order valence-corrected chi connectivity index (χ1v) is 6.89. The first-order valence-electron chi connectivity index (χ1n) is 6.89. The molecule has 0 aromatic heterocycles. The van der Waals surface area contributed by atoms with Gasteiger partial charge in [-0.25, -0.2) is 9.98 Å². The van der Waals surface area contributed by atoms with Crippen LogP contribution >= 0.6 is 0 Å². The number of aliphatic hydroxyl groups is 2. The van der Waals surface area contributed by atoms with Crippen LogP contribution in [0.5, 0.6) is 0 Å². The van der Waals surface area contributed by atoms with Crippen molar-refractivity contribution < 1.29 is 15.0 Å². The third-order valence-electron chi connectivity index (χ3n) is 4.35. The Labute approximate surface area is 126 Å². The molecule has 22 heavy (non-hydrogen) atoms. The lowest BCUT2D eigenvalue weighted by Crippen LogP contribution is -2.76. The van der Waals surface area contributed by atoms with Crippen molar-refractivity contribution in [2.45, 2.75) is 30.0 Å². The van der Waals surface area contributed by atoms with Gasteiger partial charge in [0.2, 0.25) is 11.7 Å². The molecule has 1 amide bonds. The summed E-state index contributed by atoms with van der Waals surface area (Å²) >= 11 is 0. The van der Waals surface area contributed by atoms with Gasteiger partial charge < -0.3 is 37.2 Å². The number of nitrogens with one attached hydrogen (secondary N) is 2. The Morgan fingerprint density at radius 2 is 2.27 bits per heavy atom. The highest BCUT2D eigenvalue weighted by Gasteiger charge is 2.69. The predicted molar refractivity (Wildman–Crippen MR) is 78.4 cm³/mol. The molecule has 3 atom stereocenters. The van der Waals surface area contributed by atoms with Crippen LogP contribution in [-0.4, -0.2) is 69.6 Å². The van der Waals surface area contributed by atoms with Crippen LogP contribution in [-0.2, 0) is 4.79 Å². The highest BCUT2D eigenvalue weighted by atomic mass is 16.5. The van der Waals surface area contributed by atoms with E-state index in [1.165, 1.54) is 0 Å². The molecule has 10 heteroatoms. The summed E-state index contributed by atoms with van der Waals surface area (Å²) in [7, 11) is 0. The molecule has 0 bridgehead atoms. The van der Waals surface area contributed by atoms with Crippen molar-refractivity contribution in [3.05, 3.63) is 12.7 Å². The van der Waals surface area contributed by atoms with Gasteiger partial charge in [-0.2, -0.15) is 0 Å². The minimum Gasteiger partial charge on any atom is -0.370 e. The molecule has 8 N–H and O–H groups in total. The second kappa shape index (κ2) is 4.58. The smallest absolute Gasteiger partial charge is 0.243 e. The summed E-state index contributed by atoms with van der Waals surface area (Å²) in [6, 6.07) is -1.27. The topological polar surface area (TPSA) is 162 Å². The highest BCUT2D eigenvalue weighted by molar-refractivity contribution is 5.88. The van der Waals surface area contributed by atoms with Crippen molar-refractivity contribution in [3.63, 3.8) is 0 Å². The van der Waals surface area contributed by atoms with Gasteiger partial charge in [0.05, 0.1) is 6.04 Å². The van der Waals surface area contributed by atoms with Crippen molar-refractivity contribution in [2.24, 2.45) is 21.5 Å². The number of nitrogens with two attached hydrogens (primary N) is 2. The molecule has 0 aromatic rings. The Bertz CT molecular complexity index is 587. The first kappa shape index (κ1) is 14.6. The Hall–Kier alpha value is -2.33. The fourth-order valence-electron chi connectivity index (χ4n) is 3.36. The predicted octanol–water partition coefficient (Wildman–Crippen LogP) is -3.65. The summed E-state index contributed by atoms with van der Waals surface area (Å²) in [5.74, 6) is -2.21. The molecule has 3 aliphatic heterocycles. The quantitative estimate of drug-likeness (QED) is 0.231. The molecule has 0 aliphatic carbocycles. The van der Waals surface area contributed by atoms with Crippen LogP contribution in [0.1, 0.15) is 6.42 Å². The summed E-state index contributed by atoms with van der Waals surface area (Å²) in [6.07, 6.45) is 1.21. The van der Waals surface area contributed by atoms with E-state index in [-0.39, 0.29) is 30.8 Å². The summed E-state index contributed by atoms with van der Waals surface area (Å²) in [6.45, 7) is 3.80. The Kier molecular flexibility index (Phi) is 3.04. The van der Waals surface area contributed by atoms with E-state index in [1.807, 2.05) is 0 Å². The van der Waals surface area contributed by atoms with Gasteiger partial charge in [0.15, 0.2) is 17.6 Å². The molecule has 3 rings (SSSR count). The van der Waals surface area contributed by atoms with Crippen molar-refractivity contribution in [1.29, 1.82) is 0 Å². The van der Waals surface area contributed by atoms with Crippen LogP contribution in [0.4, 0.5) is 0 Å². The number of carbonyl (C=O) groups excluding carboxylic acids is 1. The number of hydrogen-bond donors (Lipinski definition) is 6. The maximum absolute atomic E-state index is 11.4. The molecule has 1 saturated heterocycles. The van der Waals surface area contributed by atoms with E-state index < -0.39 is 23.5 Å². The largest absolute Gasteiger partial charge is 0.370 e. The fraction of sp³-hybridized carbons (Fsp3) is 0.583. The molecule has 10 nitrogen and oxygen atoms in total. The van der Waals surface area contributed by atoms with E-state index in [4.69, 9.17) is 11.5 Å². The van der Waals surface area contributed by atoms with Crippen LogP contribution in [0.15, 0.2) is 22.6 Å². The zero-order valence-corrected chi connectivity index (χ0v) is 11.9. The minimum absolute atomic E-state index is 0.0707. The standard InChI is InChI=1S/C12H19N7O3/c1-2-7(20)15-5-6-8-12(18-9(13)17-8)11(21,22)3-4-19(12)10(14)16-6/h2,6,8,21-22H,1,3-5H2,(H2,14,16)(H,15,20)(H3,13,17,18)/t6-,8+,12+/m1/s1. The average molecular weight is 309 g/mol. The number of hydrogen-bond acceptors (Lipinski definition) is 9. The monoisotopic (exact) mass is 309 g/mol. The minimum atomic E-state index is -2.08. The first-order chi connectivity index (χ1) is 10.3. The van der Waals surface area contributed by atoms with E-state index in [0.29, 0.717) is 6.54 Å². The van der Waals surface area contributed by atoms with Crippen LogP contribution in [0.3, 0.4) is 0 Å². The summed E-state index contributed by atoms with van der Waals surface area (Å²) in [5.41, 5.74) is 10.3. The maximum Gasteiger partial charge on any atom is 0.243 e. The van der Waals surface area contributed by atoms with Crippen LogP contribution in [0.25, 0.3) is 0 Å². The van der Waals surface area contributed by atoms with Gasteiger partial charge in [-0.15, -0.1) is 0 Å². The zero-order valence-electron chi connectivity index (χ0n) is 11.9. The van der Waals surface area contributed by atoms with Gasteiger partial charge in [0, 0.05) is 19.5 Å². The maximum atomic E-state index is 11.4. The van der Waals surface area contributed by atoms with Gasteiger partial charge in [-0.3, -0.25) is 4.79 Å². The number of nitrogens with zero attached hydrogens (tertiary/aromatic N) is 3. The third kappa shape index (κ3) is 1.77. The number of carbonyl (C=O) groups is 1. The number of guanidine groups is 2. The lowest BCUT2D eigenvalue weighted by molar-refractivity contribution is -0.220. The normalized spacial score (nSPS) is 34.9. The molecule has 3 heterocycles. The van der Waals surface area contributed by atoms with Crippen LogP contribution in [0, 0.1) is 0 Å². The van der Waals surface area contributed by atoms with Crippen LogP contribution in [0.2, 0.25) is 0 Å².